The van der Waals surface area contributed by atoms with E-state index in [4.69, 9.17) is 23.2 Å². The van der Waals surface area contributed by atoms with Gasteiger partial charge in [0.05, 0.1) is 15.6 Å². The van der Waals surface area contributed by atoms with Crippen LogP contribution in [-0.4, -0.2) is 57.1 Å². The van der Waals surface area contributed by atoms with Crippen molar-refractivity contribution in [2.24, 2.45) is 0 Å². The van der Waals surface area contributed by atoms with Gasteiger partial charge in [-0.1, -0.05) is 37.0 Å². The molecule has 7 nitrogen and oxygen atoms in total. The molecule has 0 heterocycles. The molecular formula is C22H29Cl2N5O2. The lowest BCUT2D eigenvalue weighted by Gasteiger charge is -2.20. The lowest BCUT2D eigenvalue weighted by atomic mass is 10.1. The second-order valence-corrected chi connectivity index (χ2v) is 7.93. The number of amides is 3. The van der Waals surface area contributed by atoms with Gasteiger partial charge in [0.2, 0.25) is 0 Å². The van der Waals surface area contributed by atoms with Crippen LogP contribution in [-0.2, 0) is 0 Å². The van der Waals surface area contributed by atoms with E-state index in [1.165, 1.54) is 0 Å². The first-order chi connectivity index (χ1) is 14.7. The Morgan fingerprint density at radius 2 is 1.52 bits per heavy atom. The first-order valence-corrected chi connectivity index (χ1v) is 10.9. The molecule has 0 aliphatic carbocycles. The van der Waals surface area contributed by atoms with Gasteiger partial charge in [0.25, 0.3) is 5.91 Å². The third-order valence-corrected chi connectivity index (χ3v) is 5.51. The maximum Gasteiger partial charge on any atom is 0.323 e. The largest absolute Gasteiger partial charge is 0.377 e. The lowest BCUT2D eigenvalue weighted by molar-refractivity contribution is 0.0949. The van der Waals surface area contributed by atoms with Crippen molar-refractivity contribution in [3.63, 3.8) is 0 Å². The van der Waals surface area contributed by atoms with Gasteiger partial charge in [-0.3, -0.25) is 4.79 Å². The highest BCUT2D eigenvalue weighted by Gasteiger charge is 2.15. The quantitative estimate of drug-likeness (QED) is 0.498. The second-order valence-electron chi connectivity index (χ2n) is 7.12. The maximum absolute atomic E-state index is 12.8. The Morgan fingerprint density at radius 1 is 0.903 bits per heavy atom. The smallest absolute Gasteiger partial charge is 0.323 e. The molecule has 31 heavy (non-hydrogen) atoms. The summed E-state index contributed by atoms with van der Waals surface area (Å²) >= 11 is 11.9. The Hall–Kier alpha value is -2.48. The number of hydrogen-bond acceptors (Lipinski definition) is 4. The third-order valence-electron chi connectivity index (χ3n) is 4.77. The molecule has 0 saturated heterocycles. The van der Waals surface area contributed by atoms with Crippen molar-refractivity contribution >= 4 is 52.2 Å². The summed E-state index contributed by atoms with van der Waals surface area (Å²) in [5, 5.41) is 9.15. The Balaban J connectivity index is 2.09. The summed E-state index contributed by atoms with van der Waals surface area (Å²) in [7, 11) is 3.73. The van der Waals surface area contributed by atoms with Crippen LogP contribution < -0.4 is 20.9 Å². The maximum atomic E-state index is 12.8. The van der Waals surface area contributed by atoms with Gasteiger partial charge in [0, 0.05) is 44.2 Å². The van der Waals surface area contributed by atoms with Crippen LogP contribution in [0.25, 0.3) is 0 Å². The highest BCUT2D eigenvalue weighted by molar-refractivity contribution is 6.42. The van der Waals surface area contributed by atoms with Crippen LogP contribution in [0.1, 0.15) is 24.2 Å². The predicted octanol–water partition coefficient (Wildman–Crippen LogP) is 4.78. The zero-order valence-electron chi connectivity index (χ0n) is 18.3. The van der Waals surface area contributed by atoms with Crippen molar-refractivity contribution < 1.29 is 9.59 Å². The molecule has 0 bridgehead atoms. The molecule has 3 N–H and O–H groups in total. The minimum atomic E-state index is -0.455. The Labute approximate surface area is 193 Å². The average Bonchev–Trinajstić information content (AvgIpc) is 2.73. The molecule has 3 amide bonds. The number of hydrogen-bond donors (Lipinski definition) is 3. The van der Waals surface area contributed by atoms with Crippen LogP contribution >= 0.6 is 23.2 Å². The molecular weight excluding hydrogens is 437 g/mol. The summed E-state index contributed by atoms with van der Waals surface area (Å²) in [6.45, 7) is 7.37. The summed E-state index contributed by atoms with van der Waals surface area (Å²) in [6, 6.07) is 9.57. The monoisotopic (exact) mass is 465 g/mol. The van der Waals surface area contributed by atoms with Crippen molar-refractivity contribution in [3.8, 4) is 0 Å². The number of rotatable bonds is 9. The van der Waals surface area contributed by atoms with Crippen LogP contribution in [0.2, 0.25) is 10.0 Å². The summed E-state index contributed by atoms with van der Waals surface area (Å²) in [5.41, 5.74) is 2.25. The fourth-order valence-corrected chi connectivity index (χ4v) is 3.31. The topological polar surface area (TPSA) is 76.7 Å². The van der Waals surface area contributed by atoms with E-state index >= 15 is 0 Å². The molecule has 0 aliphatic rings. The van der Waals surface area contributed by atoms with Gasteiger partial charge in [0.15, 0.2) is 0 Å². The zero-order valence-corrected chi connectivity index (χ0v) is 19.8. The highest BCUT2D eigenvalue weighted by atomic mass is 35.5. The summed E-state index contributed by atoms with van der Waals surface area (Å²) in [6.07, 6.45) is 0. The fourth-order valence-electron chi connectivity index (χ4n) is 3.02. The number of urea groups is 1. The Kier molecular flexibility index (Phi) is 9.43. The fraction of sp³-hybridized carbons (Fsp3) is 0.364. The van der Waals surface area contributed by atoms with Crippen molar-refractivity contribution in [2.45, 2.75) is 13.8 Å². The van der Waals surface area contributed by atoms with E-state index in [9.17, 15) is 9.59 Å². The normalized spacial score (nSPS) is 10.7. The average molecular weight is 466 g/mol. The molecule has 0 aliphatic heterocycles. The van der Waals surface area contributed by atoms with Crippen molar-refractivity contribution in [1.29, 1.82) is 0 Å². The van der Waals surface area contributed by atoms with E-state index in [0.29, 0.717) is 33.5 Å². The molecule has 168 valence electrons. The number of anilines is 3. The molecule has 0 unspecified atom stereocenters. The summed E-state index contributed by atoms with van der Waals surface area (Å²) in [4.78, 5) is 29.3. The lowest BCUT2D eigenvalue weighted by Crippen LogP contribution is -2.35. The van der Waals surface area contributed by atoms with Crippen LogP contribution in [0.5, 0.6) is 0 Å². The van der Waals surface area contributed by atoms with Crippen LogP contribution in [0.4, 0.5) is 21.9 Å². The molecule has 9 heteroatoms. The highest BCUT2D eigenvalue weighted by Crippen LogP contribution is 2.26. The van der Waals surface area contributed by atoms with E-state index in [2.05, 4.69) is 34.7 Å². The van der Waals surface area contributed by atoms with Gasteiger partial charge in [-0.2, -0.15) is 0 Å². The minimum Gasteiger partial charge on any atom is -0.377 e. The number of carbonyl (C=O) groups excluding carboxylic acids is 2. The van der Waals surface area contributed by atoms with Gasteiger partial charge >= 0.3 is 6.03 Å². The minimum absolute atomic E-state index is 0.190. The number of halogens is 2. The molecule has 2 aromatic rings. The summed E-state index contributed by atoms with van der Waals surface area (Å²) in [5.74, 6) is -0.190. The zero-order chi connectivity index (χ0) is 23.0. The van der Waals surface area contributed by atoms with Crippen molar-refractivity contribution in [3.05, 3.63) is 52.0 Å². The number of likely N-dealkylation sites (N-methyl/N-ethyl adjacent to an activating group) is 1. The Morgan fingerprint density at radius 3 is 2.10 bits per heavy atom. The Bertz CT molecular complexity index is 917. The predicted molar refractivity (Wildman–Crippen MR) is 130 cm³/mol. The van der Waals surface area contributed by atoms with E-state index in [0.717, 1.165) is 25.3 Å². The van der Waals surface area contributed by atoms with E-state index in [-0.39, 0.29) is 5.91 Å². The van der Waals surface area contributed by atoms with Gasteiger partial charge in [0.1, 0.15) is 0 Å². The number of carbonyl (C=O) groups is 2. The molecule has 0 aromatic heterocycles. The molecule has 0 fully saturated rings. The molecule has 0 radical (unpaired) electrons. The van der Waals surface area contributed by atoms with Gasteiger partial charge < -0.3 is 25.8 Å². The van der Waals surface area contributed by atoms with E-state index in [1.807, 2.05) is 19.0 Å². The molecule has 2 rings (SSSR count). The molecule has 0 saturated carbocycles. The molecule has 0 spiro atoms. The van der Waals surface area contributed by atoms with Gasteiger partial charge in [-0.25, -0.2) is 4.79 Å². The van der Waals surface area contributed by atoms with Gasteiger partial charge in [-0.05, 0) is 49.5 Å². The first-order valence-electron chi connectivity index (χ1n) is 10.1. The van der Waals surface area contributed by atoms with Crippen molar-refractivity contribution in [1.82, 2.24) is 10.2 Å². The van der Waals surface area contributed by atoms with E-state index < -0.39 is 6.03 Å². The number of nitrogens with one attached hydrogen (secondary N) is 3. The van der Waals surface area contributed by atoms with Gasteiger partial charge in [-0.15, -0.1) is 0 Å². The van der Waals surface area contributed by atoms with E-state index in [1.54, 1.807) is 36.4 Å². The third kappa shape index (κ3) is 7.31. The number of nitrogens with zero attached hydrogens (tertiary/aromatic N) is 2. The van der Waals surface area contributed by atoms with Crippen LogP contribution in [0.15, 0.2) is 36.4 Å². The first kappa shape index (κ1) is 24.8. The SMILES string of the molecule is CCN(CC)CCNC(=O)c1cc(NC(=O)Nc2ccc(Cl)c(Cl)c2)ccc1N(C)C. The van der Waals surface area contributed by atoms with Crippen LogP contribution in [0.3, 0.4) is 0 Å². The molecule has 2 aromatic carbocycles. The molecule has 0 atom stereocenters. The van der Waals surface area contributed by atoms with Crippen LogP contribution in [0, 0.1) is 0 Å². The summed E-state index contributed by atoms with van der Waals surface area (Å²) < 4.78 is 0. The second kappa shape index (κ2) is 11.8. The standard InChI is InChI=1S/C22H29Cl2N5O2/c1-5-29(6-2)12-11-25-21(30)17-13-15(8-10-20(17)28(3)4)26-22(31)27-16-7-9-18(23)19(24)14-16/h7-10,13-14H,5-6,11-12H2,1-4H3,(H,25,30)(H2,26,27,31). The van der Waals surface area contributed by atoms with Crippen molar-refractivity contribution in [2.75, 3.05) is 55.8 Å². The number of benzene rings is 2.